The molecule has 26 heavy (non-hydrogen) atoms. The Kier molecular flexibility index (Phi) is 4.75. The largest absolute Gasteiger partial charge is 0.483 e. The zero-order chi connectivity index (χ0) is 17.9. The van der Waals surface area contributed by atoms with E-state index in [-0.39, 0.29) is 12.1 Å². The number of carbonyl (C=O) groups excluding carboxylic acids is 1. The van der Waals surface area contributed by atoms with Gasteiger partial charge in [-0.2, -0.15) is 0 Å². The van der Waals surface area contributed by atoms with Crippen molar-refractivity contribution in [1.82, 2.24) is 25.1 Å². The van der Waals surface area contributed by atoms with Crippen molar-refractivity contribution in [3.8, 4) is 5.95 Å². The molecule has 0 saturated carbocycles. The average Bonchev–Trinajstić information content (AvgIpc) is 3.19. The molecule has 1 aliphatic heterocycles. The van der Waals surface area contributed by atoms with Crippen molar-refractivity contribution in [2.24, 2.45) is 0 Å². The van der Waals surface area contributed by atoms with Gasteiger partial charge in [0.05, 0.1) is 33.8 Å². The number of tetrazole rings is 1. The van der Waals surface area contributed by atoms with Crippen LogP contribution in [0.3, 0.4) is 0 Å². The Morgan fingerprint density at radius 1 is 1.12 bits per heavy atom. The molecule has 1 aromatic carbocycles. The molecule has 7 nitrogen and oxygen atoms in total. The molecule has 0 radical (unpaired) electrons. The van der Waals surface area contributed by atoms with Crippen LogP contribution in [0.15, 0.2) is 59.3 Å². The third-order valence-corrected chi connectivity index (χ3v) is 5.06. The van der Waals surface area contributed by atoms with Crippen LogP contribution in [0.2, 0.25) is 0 Å². The second kappa shape index (κ2) is 7.33. The average molecular weight is 414 g/mol. The molecule has 1 fully saturated rings. The summed E-state index contributed by atoms with van der Waals surface area (Å²) in [6.45, 7) is 0.695. The maximum Gasteiger partial charge on any atom is 0.483 e. The van der Waals surface area contributed by atoms with Crippen LogP contribution < -0.4 is 4.57 Å². The number of aromatic nitrogens is 5. The zero-order valence-electron chi connectivity index (χ0n) is 14.1. The Morgan fingerprint density at radius 3 is 2.65 bits per heavy atom. The van der Waals surface area contributed by atoms with Crippen molar-refractivity contribution in [2.75, 3.05) is 6.54 Å². The van der Waals surface area contributed by atoms with Gasteiger partial charge in [0.2, 0.25) is 0 Å². The van der Waals surface area contributed by atoms with Gasteiger partial charge < -0.3 is 4.90 Å². The number of carbonyl (C=O) groups is 1. The molecule has 0 spiro atoms. The zero-order valence-corrected chi connectivity index (χ0v) is 15.7. The molecule has 1 aliphatic rings. The summed E-state index contributed by atoms with van der Waals surface area (Å²) in [6, 6.07) is 13.7. The minimum absolute atomic E-state index is 0.0484. The van der Waals surface area contributed by atoms with Crippen LogP contribution in [0, 0.1) is 0 Å². The van der Waals surface area contributed by atoms with Gasteiger partial charge in [0.25, 0.3) is 0 Å². The van der Waals surface area contributed by atoms with Crippen LogP contribution in [0.25, 0.3) is 5.95 Å². The van der Waals surface area contributed by atoms with Gasteiger partial charge in [-0.15, -0.1) is 0 Å². The molecule has 1 saturated heterocycles. The summed E-state index contributed by atoms with van der Waals surface area (Å²) < 4.78 is 2.67. The Labute approximate surface area is 159 Å². The number of hydrogen-bond donors (Lipinski definition) is 0. The molecule has 1 amide bonds. The third-order valence-electron chi connectivity index (χ3n) is 4.53. The Hall–Kier alpha value is -2.61. The molecular weight excluding hydrogens is 396 g/mol. The summed E-state index contributed by atoms with van der Waals surface area (Å²) in [6.07, 6.45) is 6.65. The first-order valence-electron chi connectivity index (χ1n) is 8.55. The van der Waals surface area contributed by atoms with Crippen LogP contribution in [0.4, 0.5) is 4.79 Å². The first-order valence-corrected chi connectivity index (χ1v) is 9.35. The van der Waals surface area contributed by atoms with Gasteiger partial charge in [0, 0.05) is 15.8 Å². The monoisotopic (exact) mass is 413 g/mol. The van der Waals surface area contributed by atoms with E-state index in [2.05, 4.69) is 43.5 Å². The molecule has 8 heteroatoms. The van der Waals surface area contributed by atoms with E-state index in [1.807, 2.05) is 47.6 Å². The minimum atomic E-state index is -0.241. The number of amides is 1. The Balaban J connectivity index is 1.59. The number of nitrogens with zero attached hydrogens (tertiary/aromatic N) is 6. The van der Waals surface area contributed by atoms with E-state index >= 15 is 0 Å². The van der Waals surface area contributed by atoms with Gasteiger partial charge >= 0.3 is 12.0 Å². The summed E-state index contributed by atoms with van der Waals surface area (Å²) in [7, 11) is 0. The summed E-state index contributed by atoms with van der Waals surface area (Å²) in [5, 5.41) is 12.2. The quantitative estimate of drug-likeness (QED) is 0.605. The predicted molar refractivity (Wildman–Crippen MR) is 97.6 cm³/mol. The van der Waals surface area contributed by atoms with Crippen molar-refractivity contribution < 1.29 is 9.36 Å². The highest BCUT2D eigenvalue weighted by atomic mass is 79.9. The van der Waals surface area contributed by atoms with Gasteiger partial charge in [-0.25, -0.2) is 9.36 Å². The normalized spacial score (nSPS) is 17.3. The molecule has 4 rings (SSSR count). The summed E-state index contributed by atoms with van der Waals surface area (Å²) in [5.74, 6) is 0.360. The molecule has 1 atom stereocenters. The number of rotatable bonds is 2. The standard InChI is InChI=1S/C18H18BrN6O/c19-15-9-12-23(13-10-15)17-20-22-25(21-17)18(26)24-11-5-4-8-16(24)14-6-2-1-3-7-14/h1-3,6-7,9-10,12-13,16H,4-5,8,11H2/q+1. The number of piperidine rings is 1. The van der Waals surface area contributed by atoms with E-state index in [1.165, 1.54) is 0 Å². The molecule has 0 N–H and O–H groups in total. The summed E-state index contributed by atoms with van der Waals surface area (Å²) >= 11 is 3.39. The first kappa shape index (κ1) is 16.8. The second-order valence-corrected chi connectivity index (χ2v) is 7.12. The summed E-state index contributed by atoms with van der Waals surface area (Å²) in [5.41, 5.74) is 1.14. The van der Waals surface area contributed by atoms with Crippen molar-refractivity contribution >= 4 is 22.0 Å². The minimum Gasteiger partial charge on any atom is -0.314 e. The number of likely N-dealkylation sites (tertiary alicyclic amines) is 1. The number of benzene rings is 1. The maximum atomic E-state index is 13.0. The number of pyridine rings is 1. The van der Waals surface area contributed by atoms with E-state index in [9.17, 15) is 4.79 Å². The highest BCUT2D eigenvalue weighted by Crippen LogP contribution is 2.31. The van der Waals surface area contributed by atoms with Gasteiger partial charge in [0.15, 0.2) is 0 Å². The van der Waals surface area contributed by atoms with Crippen molar-refractivity contribution in [1.29, 1.82) is 0 Å². The molecule has 3 heterocycles. The molecule has 2 aromatic heterocycles. The highest BCUT2D eigenvalue weighted by Gasteiger charge is 2.32. The summed E-state index contributed by atoms with van der Waals surface area (Å²) in [4.78, 5) is 15.9. The number of hydrogen-bond acceptors (Lipinski definition) is 4. The fourth-order valence-corrected chi connectivity index (χ4v) is 3.47. The predicted octanol–water partition coefficient (Wildman–Crippen LogP) is 2.91. The van der Waals surface area contributed by atoms with Gasteiger partial charge in [-0.1, -0.05) is 46.3 Å². The fourth-order valence-electron chi connectivity index (χ4n) is 3.23. The van der Waals surface area contributed by atoms with Crippen molar-refractivity contribution in [3.05, 3.63) is 64.9 Å². The van der Waals surface area contributed by atoms with E-state index in [4.69, 9.17) is 0 Å². The third kappa shape index (κ3) is 3.37. The van der Waals surface area contributed by atoms with E-state index in [0.29, 0.717) is 12.5 Å². The lowest BCUT2D eigenvalue weighted by Gasteiger charge is -2.34. The first-order chi connectivity index (χ1) is 12.7. The topological polar surface area (TPSA) is 67.8 Å². The van der Waals surface area contributed by atoms with Crippen LogP contribution in [-0.2, 0) is 0 Å². The van der Waals surface area contributed by atoms with E-state index in [1.54, 1.807) is 4.57 Å². The highest BCUT2D eigenvalue weighted by molar-refractivity contribution is 9.10. The molecule has 1 unspecified atom stereocenters. The Morgan fingerprint density at radius 2 is 1.88 bits per heavy atom. The molecule has 3 aromatic rings. The maximum absolute atomic E-state index is 13.0. The van der Waals surface area contributed by atoms with Crippen LogP contribution in [0.5, 0.6) is 0 Å². The van der Waals surface area contributed by atoms with E-state index in [0.717, 1.165) is 34.1 Å². The van der Waals surface area contributed by atoms with Gasteiger partial charge in [-0.05, 0) is 37.0 Å². The fraction of sp³-hybridized carbons (Fsp3) is 0.278. The SMILES string of the molecule is O=C(N1CCCCC1c1ccccc1)n1nnc(-[n+]2ccc(Br)cc2)n1. The van der Waals surface area contributed by atoms with Crippen molar-refractivity contribution in [3.63, 3.8) is 0 Å². The molecule has 132 valence electrons. The smallest absolute Gasteiger partial charge is 0.314 e. The molecule has 0 aliphatic carbocycles. The molecular formula is C18H18BrN6O+. The second-order valence-electron chi connectivity index (χ2n) is 6.20. The molecule has 0 bridgehead atoms. The Bertz CT molecular complexity index is 896. The lowest BCUT2D eigenvalue weighted by Crippen LogP contribution is -2.42. The lowest BCUT2D eigenvalue weighted by atomic mass is 9.96. The lowest BCUT2D eigenvalue weighted by molar-refractivity contribution is -0.603. The number of halogens is 1. The van der Waals surface area contributed by atoms with E-state index < -0.39 is 0 Å². The van der Waals surface area contributed by atoms with Crippen LogP contribution >= 0.6 is 15.9 Å². The van der Waals surface area contributed by atoms with Gasteiger partial charge in [-0.3, -0.25) is 0 Å². The van der Waals surface area contributed by atoms with Crippen LogP contribution in [0.1, 0.15) is 30.9 Å². The van der Waals surface area contributed by atoms with Crippen molar-refractivity contribution in [2.45, 2.75) is 25.3 Å². The van der Waals surface area contributed by atoms with Gasteiger partial charge in [0.1, 0.15) is 0 Å². The van der Waals surface area contributed by atoms with Crippen LogP contribution in [-0.4, -0.2) is 37.7 Å².